The Balaban J connectivity index is 2.13. The van der Waals surface area contributed by atoms with Gasteiger partial charge in [-0.05, 0) is 11.1 Å². The predicted molar refractivity (Wildman–Crippen MR) is 53.6 cm³/mol. The molecule has 3 nitrogen and oxygen atoms in total. The van der Waals surface area contributed by atoms with Gasteiger partial charge in [-0.1, -0.05) is 30.3 Å². The monoisotopic (exact) mass is 189 g/mol. The molecule has 2 rings (SSSR count). The molecule has 0 bridgehead atoms. The first-order valence-corrected chi connectivity index (χ1v) is 4.50. The second-order valence-electron chi connectivity index (χ2n) is 3.30. The van der Waals surface area contributed by atoms with Crippen molar-refractivity contribution in [2.45, 2.75) is 12.5 Å². The molecule has 0 amide bonds. The minimum Gasteiger partial charge on any atom is -0.480 e. The maximum atomic E-state index is 10.7. The van der Waals surface area contributed by atoms with Crippen molar-refractivity contribution in [3.8, 4) is 0 Å². The molecule has 0 radical (unpaired) electrons. The van der Waals surface area contributed by atoms with Crippen molar-refractivity contribution in [1.82, 2.24) is 5.32 Å². The molecule has 14 heavy (non-hydrogen) atoms. The minimum absolute atomic E-state index is 0.467. The largest absolute Gasteiger partial charge is 0.480 e. The van der Waals surface area contributed by atoms with Crippen LogP contribution in [0.25, 0.3) is 5.57 Å². The van der Waals surface area contributed by atoms with Crippen molar-refractivity contribution in [3.63, 3.8) is 0 Å². The van der Waals surface area contributed by atoms with Gasteiger partial charge < -0.3 is 10.4 Å². The van der Waals surface area contributed by atoms with Crippen LogP contribution < -0.4 is 5.32 Å². The van der Waals surface area contributed by atoms with Crippen molar-refractivity contribution in [2.75, 3.05) is 0 Å². The summed E-state index contributed by atoms with van der Waals surface area (Å²) < 4.78 is 0. The number of hydrogen-bond acceptors (Lipinski definition) is 2. The number of carboxylic acid groups (broad SMARTS) is 1. The first kappa shape index (κ1) is 8.81. The minimum atomic E-state index is -0.799. The summed E-state index contributed by atoms with van der Waals surface area (Å²) in [5.41, 5.74) is 2.14. The summed E-state index contributed by atoms with van der Waals surface area (Å²) >= 11 is 0. The summed E-state index contributed by atoms with van der Waals surface area (Å²) in [6.07, 6.45) is 2.34. The van der Waals surface area contributed by atoms with Crippen molar-refractivity contribution >= 4 is 11.5 Å². The number of carboxylic acids is 1. The van der Waals surface area contributed by atoms with Crippen LogP contribution in [-0.4, -0.2) is 17.1 Å². The molecule has 0 saturated carbocycles. The predicted octanol–water partition coefficient (Wildman–Crippen LogP) is 1.47. The van der Waals surface area contributed by atoms with E-state index in [1.807, 2.05) is 30.3 Å². The van der Waals surface area contributed by atoms with Crippen LogP contribution in [0.4, 0.5) is 0 Å². The summed E-state index contributed by atoms with van der Waals surface area (Å²) in [6, 6.07) is 9.34. The van der Waals surface area contributed by atoms with Gasteiger partial charge in [0.2, 0.25) is 0 Å². The highest BCUT2D eigenvalue weighted by Gasteiger charge is 2.23. The highest BCUT2D eigenvalue weighted by Crippen LogP contribution is 2.23. The smallest absolute Gasteiger partial charge is 0.326 e. The van der Waals surface area contributed by atoms with Gasteiger partial charge in [0.15, 0.2) is 0 Å². The summed E-state index contributed by atoms with van der Waals surface area (Å²) in [6.45, 7) is 0. The van der Waals surface area contributed by atoms with Crippen LogP contribution in [0.3, 0.4) is 0 Å². The van der Waals surface area contributed by atoms with Gasteiger partial charge in [-0.2, -0.15) is 0 Å². The number of nitrogens with one attached hydrogen (secondary N) is 1. The molecule has 0 aliphatic carbocycles. The van der Waals surface area contributed by atoms with Crippen LogP contribution in [0.5, 0.6) is 0 Å². The van der Waals surface area contributed by atoms with Gasteiger partial charge in [-0.3, -0.25) is 0 Å². The molecule has 0 fully saturated rings. The van der Waals surface area contributed by atoms with Gasteiger partial charge in [0.05, 0.1) is 0 Å². The average Bonchev–Trinajstić information content (AvgIpc) is 2.68. The fourth-order valence-electron chi connectivity index (χ4n) is 1.55. The first-order chi connectivity index (χ1) is 6.77. The summed E-state index contributed by atoms with van der Waals surface area (Å²) in [5.74, 6) is -0.799. The number of rotatable bonds is 2. The maximum absolute atomic E-state index is 10.7. The molecule has 1 atom stereocenters. The second kappa shape index (κ2) is 3.54. The van der Waals surface area contributed by atoms with E-state index in [0.29, 0.717) is 6.42 Å². The van der Waals surface area contributed by atoms with Gasteiger partial charge in [-0.25, -0.2) is 4.79 Å². The lowest BCUT2D eigenvalue weighted by Gasteiger charge is -2.04. The Bertz CT molecular complexity index is 370. The van der Waals surface area contributed by atoms with E-state index < -0.39 is 12.0 Å². The lowest BCUT2D eigenvalue weighted by Crippen LogP contribution is -2.28. The van der Waals surface area contributed by atoms with Crippen LogP contribution in [0.15, 0.2) is 36.5 Å². The Morgan fingerprint density at radius 1 is 1.36 bits per heavy atom. The molecule has 1 aromatic rings. The Hall–Kier alpha value is -1.77. The zero-order chi connectivity index (χ0) is 9.97. The Labute approximate surface area is 82.1 Å². The van der Waals surface area contributed by atoms with Gasteiger partial charge in [0.25, 0.3) is 0 Å². The van der Waals surface area contributed by atoms with E-state index in [2.05, 4.69) is 5.32 Å². The van der Waals surface area contributed by atoms with E-state index in [1.54, 1.807) is 6.20 Å². The summed E-state index contributed by atoms with van der Waals surface area (Å²) in [7, 11) is 0. The Kier molecular flexibility index (Phi) is 2.23. The number of hydrogen-bond donors (Lipinski definition) is 2. The molecule has 1 aliphatic heterocycles. The molecule has 2 N–H and O–H groups in total. The number of aliphatic carboxylic acids is 1. The molecule has 1 aromatic carbocycles. The highest BCUT2D eigenvalue weighted by atomic mass is 16.4. The van der Waals surface area contributed by atoms with Gasteiger partial charge in [-0.15, -0.1) is 0 Å². The van der Waals surface area contributed by atoms with Crippen molar-refractivity contribution in [2.24, 2.45) is 0 Å². The lowest BCUT2D eigenvalue weighted by molar-refractivity contribution is -0.138. The number of carbonyl (C=O) groups is 1. The van der Waals surface area contributed by atoms with E-state index in [0.717, 1.165) is 11.1 Å². The average molecular weight is 189 g/mol. The number of benzene rings is 1. The van der Waals surface area contributed by atoms with E-state index in [-0.39, 0.29) is 0 Å². The van der Waals surface area contributed by atoms with E-state index in [4.69, 9.17) is 5.11 Å². The van der Waals surface area contributed by atoms with E-state index in [1.165, 1.54) is 0 Å². The third kappa shape index (κ3) is 1.62. The van der Waals surface area contributed by atoms with Crippen molar-refractivity contribution in [1.29, 1.82) is 0 Å². The standard InChI is InChI=1S/C11H11NO2/c13-11(14)10-6-9(7-12-10)8-4-2-1-3-5-8/h1-5,7,10,12H,6H2,(H,13,14). The van der Waals surface area contributed by atoms with E-state index >= 15 is 0 Å². The zero-order valence-electron chi connectivity index (χ0n) is 7.60. The summed E-state index contributed by atoms with van der Waals surface area (Å²) in [5, 5.41) is 11.6. The molecule has 0 saturated heterocycles. The van der Waals surface area contributed by atoms with Crippen LogP contribution in [0, 0.1) is 0 Å². The van der Waals surface area contributed by atoms with Crippen LogP contribution in [0.1, 0.15) is 12.0 Å². The highest BCUT2D eigenvalue weighted by molar-refractivity contribution is 5.80. The van der Waals surface area contributed by atoms with Crippen LogP contribution in [-0.2, 0) is 4.79 Å². The molecule has 0 aromatic heterocycles. The molecular weight excluding hydrogens is 178 g/mol. The Morgan fingerprint density at radius 2 is 2.07 bits per heavy atom. The van der Waals surface area contributed by atoms with E-state index in [9.17, 15) is 4.79 Å². The SMILES string of the molecule is O=C(O)C1CC(c2ccccc2)=CN1. The normalized spacial score (nSPS) is 20.0. The fourth-order valence-corrected chi connectivity index (χ4v) is 1.55. The molecule has 3 heteroatoms. The van der Waals surface area contributed by atoms with Crippen molar-refractivity contribution < 1.29 is 9.90 Å². The topological polar surface area (TPSA) is 49.3 Å². The molecule has 1 aliphatic rings. The quantitative estimate of drug-likeness (QED) is 0.740. The molecule has 1 unspecified atom stereocenters. The molecule has 72 valence electrons. The Morgan fingerprint density at radius 3 is 2.64 bits per heavy atom. The second-order valence-corrected chi connectivity index (χ2v) is 3.30. The van der Waals surface area contributed by atoms with Gasteiger partial charge in [0.1, 0.15) is 6.04 Å². The zero-order valence-corrected chi connectivity index (χ0v) is 7.60. The molecule has 0 spiro atoms. The van der Waals surface area contributed by atoms with Crippen molar-refractivity contribution in [3.05, 3.63) is 42.1 Å². The van der Waals surface area contributed by atoms with Gasteiger partial charge in [0, 0.05) is 12.6 Å². The third-order valence-corrected chi connectivity index (χ3v) is 2.33. The molecule has 1 heterocycles. The van der Waals surface area contributed by atoms with Crippen LogP contribution in [0.2, 0.25) is 0 Å². The lowest BCUT2D eigenvalue weighted by atomic mass is 10.0. The van der Waals surface area contributed by atoms with Gasteiger partial charge >= 0.3 is 5.97 Å². The maximum Gasteiger partial charge on any atom is 0.326 e. The molecular formula is C11H11NO2. The first-order valence-electron chi connectivity index (χ1n) is 4.50. The fraction of sp³-hybridized carbons (Fsp3) is 0.182. The van der Waals surface area contributed by atoms with Crippen LogP contribution >= 0.6 is 0 Å². The third-order valence-electron chi connectivity index (χ3n) is 2.33. The summed E-state index contributed by atoms with van der Waals surface area (Å²) in [4.78, 5) is 10.7.